The molecule has 1 amide bonds. The topological polar surface area (TPSA) is 59.6 Å². The zero-order chi connectivity index (χ0) is 16.4. The van der Waals surface area contributed by atoms with Gasteiger partial charge in [-0.1, -0.05) is 12.8 Å². The average Bonchev–Trinajstić information content (AvgIpc) is 2.92. The van der Waals surface area contributed by atoms with E-state index in [1.165, 1.54) is 25.7 Å². The van der Waals surface area contributed by atoms with Gasteiger partial charge in [-0.15, -0.1) is 0 Å². The highest BCUT2D eigenvalue weighted by Crippen LogP contribution is 2.23. The van der Waals surface area contributed by atoms with Crippen molar-refractivity contribution in [1.29, 1.82) is 0 Å². The number of amides is 1. The van der Waals surface area contributed by atoms with Crippen LogP contribution in [0.1, 0.15) is 59.3 Å². The van der Waals surface area contributed by atoms with Crippen LogP contribution in [0, 0.1) is 5.92 Å². The minimum Gasteiger partial charge on any atom is -0.444 e. The summed E-state index contributed by atoms with van der Waals surface area (Å²) in [6.45, 7) is 8.06. The molecular formula is C17H34N2O3. The third-order valence-electron chi connectivity index (χ3n) is 3.94. The van der Waals surface area contributed by atoms with Gasteiger partial charge in [-0.05, 0) is 58.9 Å². The fraction of sp³-hybridized carbons (Fsp3) is 0.941. The molecule has 1 atom stereocenters. The minimum absolute atomic E-state index is 0.338. The second-order valence-electron chi connectivity index (χ2n) is 7.28. The van der Waals surface area contributed by atoms with Gasteiger partial charge in [0, 0.05) is 19.7 Å². The van der Waals surface area contributed by atoms with Crippen LogP contribution in [-0.2, 0) is 9.47 Å². The predicted octanol–water partition coefficient (Wildman–Crippen LogP) is 3.09. The summed E-state index contributed by atoms with van der Waals surface area (Å²) in [5.41, 5.74) is -0.439. The Morgan fingerprint density at radius 1 is 1.27 bits per heavy atom. The zero-order valence-corrected chi connectivity index (χ0v) is 14.7. The lowest BCUT2D eigenvalue weighted by molar-refractivity contribution is 0.0526. The first-order valence-electron chi connectivity index (χ1n) is 8.60. The van der Waals surface area contributed by atoms with Crippen LogP contribution in [0.15, 0.2) is 0 Å². The normalized spacial score (nSPS) is 17.5. The Labute approximate surface area is 135 Å². The van der Waals surface area contributed by atoms with Gasteiger partial charge in [0.05, 0.1) is 6.61 Å². The number of hydrogen-bond acceptors (Lipinski definition) is 4. The molecule has 0 bridgehead atoms. The molecule has 1 rings (SSSR count). The van der Waals surface area contributed by atoms with Crippen LogP contribution in [-0.4, -0.2) is 44.5 Å². The van der Waals surface area contributed by atoms with Gasteiger partial charge < -0.3 is 20.1 Å². The molecule has 1 fully saturated rings. The lowest BCUT2D eigenvalue weighted by Gasteiger charge is -2.21. The Morgan fingerprint density at radius 2 is 1.95 bits per heavy atom. The van der Waals surface area contributed by atoms with Gasteiger partial charge in [-0.3, -0.25) is 0 Å². The van der Waals surface area contributed by atoms with E-state index in [0.29, 0.717) is 12.6 Å². The van der Waals surface area contributed by atoms with Crippen molar-refractivity contribution >= 4 is 6.09 Å². The van der Waals surface area contributed by atoms with E-state index < -0.39 is 5.60 Å². The number of hydrogen-bond donors (Lipinski definition) is 2. The van der Waals surface area contributed by atoms with Crippen molar-refractivity contribution < 1.29 is 14.3 Å². The lowest BCUT2D eigenvalue weighted by Crippen LogP contribution is -2.37. The quantitative estimate of drug-likeness (QED) is 0.642. The fourth-order valence-corrected chi connectivity index (χ4v) is 2.85. The fourth-order valence-electron chi connectivity index (χ4n) is 2.85. The Hall–Kier alpha value is -0.810. The Kier molecular flexibility index (Phi) is 8.79. The van der Waals surface area contributed by atoms with Crippen LogP contribution in [0.3, 0.4) is 0 Å². The van der Waals surface area contributed by atoms with Gasteiger partial charge >= 0.3 is 6.09 Å². The predicted molar refractivity (Wildman–Crippen MR) is 89.1 cm³/mol. The van der Waals surface area contributed by atoms with Crippen LogP contribution < -0.4 is 10.6 Å². The smallest absolute Gasteiger partial charge is 0.407 e. The van der Waals surface area contributed by atoms with Crippen LogP contribution in [0.5, 0.6) is 0 Å². The second-order valence-corrected chi connectivity index (χ2v) is 7.28. The van der Waals surface area contributed by atoms with Crippen molar-refractivity contribution in [2.45, 2.75) is 70.9 Å². The molecule has 1 saturated carbocycles. The van der Waals surface area contributed by atoms with Crippen molar-refractivity contribution in [1.82, 2.24) is 10.6 Å². The first kappa shape index (κ1) is 19.2. The van der Waals surface area contributed by atoms with Gasteiger partial charge in [0.2, 0.25) is 0 Å². The molecular weight excluding hydrogens is 280 g/mol. The summed E-state index contributed by atoms with van der Waals surface area (Å²) >= 11 is 0. The van der Waals surface area contributed by atoms with Crippen LogP contribution in [0.25, 0.3) is 0 Å². The molecule has 5 nitrogen and oxygen atoms in total. The van der Waals surface area contributed by atoms with E-state index in [4.69, 9.17) is 9.47 Å². The van der Waals surface area contributed by atoms with Crippen LogP contribution in [0.4, 0.5) is 4.79 Å². The highest BCUT2D eigenvalue weighted by atomic mass is 16.6. The van der Waals surface area contributed by atoms with Gasteiger partial charge in [0.1, 0.15) is 5.60 Å². The molecule has 0 heterocycles. The number of rotatable bonds is 9. The lowest BCUT2D eigenvalue weighted by atomic mass is 10.1. The summed E-state index contributed by atoms with van der Waals surface area (Å²) < 4.78 is 10.5. The summed E-state index contributed by atoms with van der Waals surface area (Å²) in [6, 6.07) is 0.367. The zero-order valence-electron chi connectivity index (χ0n) is 14.7. The number of carbonyl (C=O) groups excluding carboxylic acids is 1. The number of methoxy groups -OCH3 is 1. The van der Waals surface area contributed by atoms with Crippen molar-refractivity contribution in [2.75, 3.05) is 26.8 Å². The highest BCUT2D eigenvalue weighted by molar-refractivity contribution is 5.67. The molecule has 0 saturated heterocycles. The van der Waals surface area contributed by atoms with E-state index in [9.17, 15) is 4.79 Å². The number of alkyl carbamates (subject to hydrolysis) is 1. The van der Waals surface area contributed by atoms with Gasteiger partial charge in [0.15, 0.2) is 0 Å². The molecule has 0 spiro atoms. The van der Waals surface area contributed by atoms with E-state index in [1.54, 1.807) is 7.11 Å². The van der Waals surface area contributed by atoms with Crippen molar-refractivity contribution in [3.05, 3.63) is 0 Å². The Morgan fingerprint density at radius 3 is 2.55 bits per heavy atom. The van der Waals surface area contributed by atoms with E-state index in [1.807, 2.05) is 20.8 Å². The third-order valence-corrected chi connectivity index (χ3v) is 3.94. The molecule has 0 aliphatic heterocycles. The standard InChI is InChI=1S/C17H34N2O3/c1-17(2,3)22-16(20)18-11-7-10-15(13-21-4)19-12-14-8-5-6-9-14/h14-15,19H,5-13H2,1-4H3,(H,18,20). The molecule has 0 aromatic rings. The molecule has 2 N–H and O–H groups in total. The maximum Gasteiger partial charge on any atom is 0.407 e. The monoisotopic (exact) mass is 314 g/mol. The molecule has 5 heteroatoms. The first-order chi connectivity index (χ1) is 10.4. The molecule has 0 aromatic heterocycles. The summed E-state index contributed by atoms with van der Waals surface area (Å²) in [4.78, 5) is 11.6. The van der Waals surface area contributed by atoms with E-state index in [2.05, 4.69) is 10.6 Å². The molecule has 22 heavy (non-hydrogen) atoms. The number of nitrogens with one attached hydrogen (secondary N) is 2. The summed E-state index contributed by atoms with van der Waals surface area (Å²) in [7, 11) is 1.74. The van der Waals surface area contributed by atoms with E-state index >= 15 is 0 Å². The van der Waals surface area contributed by atoms with Crippen LogP contribution >= 0.6 is 0 Å². The molecule has 130 valence electrons. The molecule has 0 aromatic carbocycles. The second kappa shape index (κ2) is 10.1. The maximum atomic E-state index is 11.6. The minimum atomic E-state index is -0.439. The third kappa shape index (κ3) is 9.26. The van der Waals surface area contributed by atoms with Gasteiger partial charge in [0.25, 0.3) is 0 Å². The number of ether oxygens (including phenoxy) is 2. The van der Waals surface area contributed by atoms with E-state index in [-0.39, 0.29) is 6.09 Å². The van der Waals surface area contributed by atoms with Gasteiger partial charge in [-0.2, -0.15) is 0 Å². The Balaban J connectivity index is 2.13. The highest BCUT2D eigenvalue weighted by Gasteiger charge is 2.18. The van der Waals surface area contributed by atoms with Crippen LogP contribution in [0.2, 0.25) is 0 Å². The molecule has 1 aliphatic rings. The van der Waals surface area contributed by atoms with Crippen molar-refractivity contribution in [3.63, 3.8) is 0 Å². The average molecular weight is 314 g/mol. The first-order valence-corrected chi connectivity index (χ1v) is 8.60. The van der Waals surface area contributed by atoms with Crippen molar-refractivity contribution in [3.8, 4) is 0 Å². The van der Waals surface area contributed by atoms with Crippen molar-refractivity contribution in [2.24, 2.45) is 5.92 Å². The Bertz CT molecular complexity index is 310. The maximum absolute atomic E-state index is 11.6. The largest absolute Gasteiger partial charge is 0.444 e. The molecule has 1 unspecified atom stereocenters. The molecule has 0 radical (unpaired) electrons. The van der Waals surface area contributed by atoms with Gasteiger partial charge in [-0.25, -0.2) is 4.79 Å². The summed E-state index contributed by atoms with van der Waals surface area (Å²) in [6.07, 6.45) is 7.04. The SMILES string of the molecule is COCC(CCCNC(=O)OC(C)(C)C)NCC1CCCC1. The summed E-state index contributed by atoms with van der Waals surface area (Å²) in [5.74, 6) is 0.833. The number of carbonyl (C=O) groups is 1. The summed E-state index contributed by atoms with van der Waals surface area (Å²) in [5, 5.41) is 6.42. The van der Waals surface area contributed by atoms with E-state index in [0.717, 1.165) is 31.9 Å². The molecule has 1 aliphatic carbocycles.